The Morgan fingerprint density at radius 3 is 2.89 bits per heavy atom. The molecule has 1 saturated carbocycles. The second-order valence-electron chi connectivity index (χ2n) is 4.85. The summed E-state index contributed by atoms with van der Waals surface area (Å²) in [7, 11) is 0. The summed E-state index contributed by atoms with van der Waals surface area (Å²) >= 11 is 0. The predicted octanol–water partition coefficient (Wildman–Crippen LogP) is 1.34. The molecule has 0 aromatic rings. The van der Waals surface area contributed by atoms with Crippen LogP contribution in [0, 0.1) is 17.8 Å². The Labute approximate surface area is 113 Å². The smallest absolute Gasteiger partial charge is 0.240 e. The van der Waals surface area contributed by atoms with E-state index in [0.717, 1.165) is 5.57 Å². The zero-order chi connectivity index (χ0) is 13.8. The van der Waals surface area contributed by atoms with E-state index in [4.69, 9.17) is 5.73 Å². The van der Waals surface area contributed by atoms with Crippen molar-refractivity contribution in [2.45, 2.75) is 38.6 Å². The number of amides is 2. The van der Waals surface area contributed by atoms with Gasteiger partial charge in [-0.25, -0.2) is 0 Å². The lowest BCUT2D eigenvalue weighted by molar-refractivity contribution is -0.135. The Morgan fingerprint density at radius 2 is 2.32 bits per heavy atom. The Balaban J connectivity index is 2.13. The van der Waals surface area contributed by atoms with Crippen molar-refractivity contribution >= 4 is 11.8 Å². The van der Waals surface area contributed by atoms with Crippen molar-refractivity contribution in [2.75, 3.05) is 0 Å². The molecule has 2 aliphatic rings. The zero-order valence-electron chi connectivity index (χ0n) is 11.1. The van der Waals surface area contributed by atoms with Gasteiger partial charge in [0.25, 0.3) is 0 Å². The summed E-state index contributed by atoms with van der Waals surface area (Å²) in [6, 6.07) is -0.576. The molecular formula is C15H18N2O2. The number of carbonyl (C=O) groups is 2. The fourth-order valence-electron chi connectivity index (χ4n) is 1.93. The summed E-state index contributed by atoms with van der Waals surface area (Å²) in [5, 5.41) is 0. The van der Waals surface area contributed by atoms with Gasteiger partial charge in [0.1, 0.15) is 6.04 Å². The maximum atomic E-state index is 12.0. The monoisotopic (exact) mass is 258 g/mol. The van der Waals surface area contributed by atoms with Gasteiger partial charge >= 0.3 is 0 Å². The number of allylic oxidation sites excluding steroid dienone is 2. The minimum atomic E-state index is -0.576. The normalized spacial score (nSPS) is 20.2. The zero-order valence-corrected chi connectivity index (χ0v) is 11.1. The van der Waals surface area contributed by atoms with Crippen LogP contribution >= 0.6 is 0 Å². The highest BCUT2D eigenvalue weighted by Gasteiger charge is 2.25. The maximum Gasteiger partial charge on any atom is 0.240 e. The summed E-state index contributed by atoms with van der Waals surface area (Å²) in [6.45, 7) is 1.84. The van der Waals surface area contributed by atoms with Gasteiger partial charge in [0.2, 0.25) is 11.8 Å². The number of carbonyl (C=O) groups excluding carboxylic acids is 2. The first-order valence-corrected chi connectivity index (χ1v) is 6.62. The number of primary amides is 1. The van der Waals surface area contributed by atoms with Crippen LogP contribution in [0.3, 0.4) is 0 Å². The van der Waals surface area contributed by atoms with E-state index in [9.17, 15) is 9.59 Å². The molecule has 0 radical (unpaired) electrons. The van der Waals surface area contributed by atoms with E-state index < -0.39 is 11.9 Å². The third-order valence-electron chi connectivity index (χ3n) is 3.25. The Hall–Kier alpha value is -2.02. The molecule has 0 bridgehead atoms. The molecule has 2 amide bonds. The molecule has 1 unspecified atom stereocenters. The number of rotatable bonds is 3. The van der Waals surface area contributed by atoms with E-state index in [1.807, 2.05) is 13.0 Å². The first-order chi connectivity index (χ1) is 9.11. The molecular weight excluding hydrogens is 240 g/mol. The fraction of sp³-hybridized carbons (Fsp3) is 0.467. The predicted molar refractivity (Wildman–Crippen MR) is 72.5 cm³/mol. The van der Waals surface area contributed by atoms with Crippen LogP contribution in [0.4, 0.5) is 0 Å². The Bertz CT molecular complexity index is 504. The molecule has 2 N–H and O–H groups in total. The second kappa shape index (κ2) is 5.75. The fourth-order valence-corrected chi connectivity index (χ4v) is 1.93. The summed E-state index contributed by atoms with van der Waals surface area (Å²) in [4.78, 5) is 24.8. The average molecular weight is 258 g/mol. The average Bonchev–Trinajstić information content (AvgIpc) is 3.18. The summed E-state index contributed by atoms with van der Waals surface area (Å²) in [5.74, 6) is 6.17. The summed E-state index contributed by atoms with van der Waals surface area (Å²) in [6.07, 6.45) is 8.33. The summed E-state index contributed by atoms with van der Waals surface area (Å²) in [5.41, 5.74) is 6.16. The molecule has 0 saturated heterocycles. The third-order valence-corrected chi connectivity index (χ3v) is 3.25. The molecule has 1 aliphatic heterocycles. The van der Waals surface area contributed by atoms with Gasteiger partial charge in [-0.2, -0.15) is 0 Å². The molecule has 1 atom stereocenters. The van der Waals surface area contributed by atoms with Crippen molar-refractivity contribution in [1.29, 1.82) is 0 Å². The molecule has 1 fully saturated rings. The van der Waals surface area contributed by atoms with Gasteiger partial charge in [0.05, 0.1) is 0 Å². The Kier molecular flexibility index (Phi) is 4.06. The van der Waals surface area contributed by atoms with Gasteiger partial charge in [0, 0.05) is 24.1 Å². The van der Waals surface area contributed by atoms with Crippen molar-refractivity contribution in [3.8, 4) is 11.8 Å². The number of hydrogen-bond acceptors (Lipinski definition) is 2. The number of hydrogen-bond donors (Lipinski definition) is 1. The molecule has 0 aromatic heterocycles. The lowest BCUT2D eigenvalue weighted by Crippen LogP contribution is -2.44. The van der Waals surface area contributed by atoms with Crippen LogP contribution in [0.25, 0.3) is 0 Å². The van der Waals surface area contributed by atoms with E-state index in [1.165, 1.54) is 17.7 Å². The van der Waals surface area contributed by atoms with Gasteiger partial charge in [-0.05, 0) is 25.3 Å². The molecule has 100 valence electrons. The van der Waals surface area contributed by atoms with Crippen molar-refractivity contribution in [3.63, 3.8) is 0 Å². The molecule has 1 heterocycles. The van der Waals surface area contributed by atoms with Crippen LogP contribution in [0.1, 0.15) is 32.6 Å². The van der Waals surface area contributed by atoms with Crippen molar-refractivity contribution in [3.05, 3.63) is 23.9 Å². The van der Waals surface area contributed by atoms with Crippen molar-refractivity contribution in [2.24, 2.45) is 11.7 Å². The minimum Gasteiger partial charge on any atom is -0.368 e. The topological polar surface area (TPSA) is 63.4 Å². The van der Waals surface area contributed by atoms with E-state index in [2.05, 4.69) is 11.8 Å². The van der Waals surface area contributed by atoms with E-state index in [1.54, 1.807) is 12.3 Å². The van der Waals surface area contributed by atoms with Gasteiger partial charge in [-0.3, -0.25) is 9.59 Å². The highest BCUT2D eigenvalue weighted by atomic mass is 16.2. The molecule has 4 nitrogen and oxygen atoms in total. The number of nitrogens with two attached hydrogens (primary N) is 1. The lowest BCUT2D eigenvalue weighted by Gasteiger charge is -2.24. The molecule has 1 aliphatic carbocycles. The van der Waals surface area contributed by atoms with E-state index in [0.29, 0.717) is 12.3 Å². The van der Waals surface area contributed by atoms with Gasteiger partial charge in [-0.15, -0.1) is 0 Å². The largest absolute Gasteiger partial charge is 0.368 e. The van der Waals surface area contributed by atoms with Gasteiger partial charge < -0.3 is 10.6 Å². The van der Waals surface area contributed by atoms with Gasteiger partial charge in [-0.1, -0.05) is 24.8 Å². The van der Waals surface area contributed by atoms with Crippen LogP contribution in [0.2, 0.25) is 0 Å². The van der Waals surface area contributed by atoms with E-state index in [-0.39, 0.29) is 12.3 Å². The van der Waals surface area contributed by atoms with Crippen molar-refractivity contribution in [1.82, 2.24) is 4.90 Å². The summed E-state index contributed by atoms with van der Waals surface area (Å²) < 4.78 is 0. The first-order valence-electron chi connectivity index (χ1n) is 6.62. The lowest BCUT2D eigenvalue weighted by atomic mass is 10.2. The van der Waals surface area contributed by atoms with Crippen LogP contribution in [-0.4, -0.2) is 22.8 Å². The Morgan fingerprint density at radius 1 is 1.58 bits per heavy atom. The van der Waals surface area contributed by atoms with Crippen LogP contribution in [0.15, 0.2) is 23.9 Å². The number of nitrogens with zero attached hydrogens (tertiary/aromatic N) is 1. The minimum absolute atomic E-state index is 0.120. The third kappa shape index (κ3) is 3.47. The molecule has 4 heteroatoms. The highest BCUT2D eigenvalue weighted by Crippen LogP contribution is 2.27. The van der Waals surface area contributed by atoms with E-state index >= 15 is 0 Å². The molecule has 0 aromatic carbocycles. The SMILES string of the molecule is CCC(C(N)=O)N1C=CC(C#CC2CC2)=CCC1=O. The maximum absolute atomic E-state index is 12.0. The second-order valence-corrected chi connectivity index (χ2v) is 4.85. The standard InChI is InChI=1S/C15H18N2O2/c1-2-13(15(16)19)17-10-9-12(7-8-14(17)18)6-5-11-3-4-11/h7,9-11,13H,2-4,8H2,1H3,(H2,16,19). The quantitative estimate of drug-likeness (QED) is 0.776. The van der Waals surface area contributed by atoms with Crippen LogP contribution in [-0.2, 0) is 9.59 Å². The van der Waals surface area contributed by atoms with Gasteiger partial charge in [0.15, 0.2) is 0 Å². The molecule has 2 rings (SSSR count). The first kappa shape index (κ1) is 13.4. The van der Waals surface area contributed by atoms with Crippen LogP contribution in [0.5, 0.6) is 0 Å². The molecule has 19 heavy (non-hydrogen) atoms. The molecule has 0 spiro atoms. The highest BCUT2D eigenvalue weighted by molar-refractivity contribution is 5.88. The van der Waals surface area contributed by atoms with Crippen LogP contribution < -0.4 is 5.73 Å². The van der Waals surface area contributed by atoms with Crippen molar-refractivity contribution < 1.29 is 9.59 Å².